The van der Waals surface area contributed by atoms with Crippen LogP contribution in [0.15, 0.2) is 65.3 Å². The molecule has 154 valence electrons. The number of ether oxygens (including phenoxy) is 1. The molecule has 1 fully saturated rings. The first kappa shape index (κ1) is 21.9. The summed E-state index contributed by atoms with van der Waals surface area (Å²) in [4.78, 5) is 20.4. The van der Waals surface area contributed by atoms with Gasteiger partial charge in [-0.1, -0.05) is 12.2 Å². The summed E-state index contributed by atoms with van der Waals surface area (Å²) < 4.78 is 5.11. The average molecular weight is 397 g/mol. The van der Waals surface area contributed by atoms with E-state index in [9.17, 15) is 9.90 Å². The Morgan fingerprint density at radius 1 is 1.48 bits per heavy atom. The smallest absolute Gasteiger partial charge is 0.253 e. The number of aliphatic hydroxyl groups excluding tert-OH is 1. The third-order valence-electron chi connectivity index (χ3n) is 4.29. The fourth-order valence-corrected chi connectivity index (χ4v) is 2.34. The van der Waals surface area contributed by atoms with Gasteiger partial charge in [0.1, 0.15) is 0 Å². The quantitative estimate of drug-likeness (QED) is 0.286. The topological polar surface area (TPSA) is 99.4 Å². The van der Waals surface area contributed by atoms with E-state index in [2.05, 4.69) is 33.6 Å². The number of rotatable bonds is 9. The number of aliphatic hydroxyl groups is 1. The van der Waals surface area contributed by atoms with Crippen molar-refractivity contribution in [2.24, 2.45) is 10.1 Å². The molecule has 0 bridgehead atoms. The van der Waals surface area contributed by atoms with E-state index in [-0.39, 0.29) is 17.3 Å². The molecule has 0 atom stereocenters. The molecule has 29 heavy (non-hydrogen) atoms. The molecule has 1 aromatic rings. The molecule has 0 saturated heterocycles. The lowest BCUT2D eigenvalue weighted by molar-refractivity contribution is 0.0935. The molecule has 2 N–H and O–H groups in total. The number of carbonyl (C=O) groups is 1. The largest absolute Gasteiger partial charge is 0.494 e. The molecule has 1 aromatic heterocycles. The van der Waals surface area contributed by atoms with Crippen molar-refractivity contribution < 1.29 is 14.6 Å². The van der Waals surface area contributed by atoms with E-state index in [1.54, 1.807) is 24.4 Å². The molecule has 1 aliphatic rings. The van der Waals surface area contributed by atoms with E-state index >= 15 is 0 Å². The molecule has 0 aromatic carbocycles. The molecule has 0 radical (unpaired) electrons. The summed E-state index contributed by atoms with van der Waals surface area (Å²) >= 11 is 0. The zero-order valence-corrected chi connectivity index (χ0v) is 17.1. The van der Waals surface area contributed by atoms with Crippen LogP contribution in [-0.2, 0) is 4.74 Å². The Morgan fingerprint density at radius 2 is 2.21 bits per heavy atom. The molecule has 0 aliphatic heterocycles. The van der Waals surface area contributed by atoms with E-state index in [0.29, 0.717) is 23.7 Å². The van der Waals surface area contributed by atoms with E-state index in [4.69, 9.17) is 4.74 Å². The van der Waals surface area contributed by atoms with E-state index in [1.165, 1.54) is 24.5 Å². The highest BCUT2D eigenvalue weighted by Crippen LogP contribution is 2.34. The number of hydrazone groups is 1. The second kappa shape index (κ2) is 9.68. The number of nitrogens with one attached hydrogen (secondary N) is 1. The Hall–Kier alpha value is -3.42. The number of hydrogen-bond donors (Lipinski definition) is 2. The van der Waals surface area contributed by atoms with E-state index < -0.39 is 0 Å². The SMILES string of the molecule is C=CN=C(/C=C(\C)C/C=N\N(C(=C)O)c1ccc(C(=O)NC2(C)CC2)cn1)OC. The maximum absolute atomic E-state index is 12.2. The van der Waals surface area contributed by atoms with Crippen molar-refractivity contribution in [3.05, 3.63) is 60.8 Å². The Kier molecular flexibility index (Phi) is 7.30. The molecule has 1 heterocycles. The zero-order valence-electron chi connectivity index (χ0n) is 17.1. The summed E-state index contributed by atoms with van der Waals surface area (Å²) in [5.74, 6) is 0.321. The number of methoxy groups -OCH3 is 1. The highest BCUT2D eigenvalue weighted by Gasteiger charge is 2.38. The zero-order chi connectivity index (χ0) is 21.4. The normalized spacial score (nSPS) is 15.7. The lowest BCUT2D eigenvalue weighted by atomic mass is 10.2. The van der Waals surface area contributed by atoms with Crippen LogP contribution in [-0.4, -0.2) is 40.8 Å². The molecule has 1 saturated carbocycles. The maximum atomic E-state index is 12.2. The van der Waals surface area contributed by atoms with Gasteiger partial charge in [0.2, 0.25) is 11.8 Å². The predicted molar refractivity (Wildman–Crippen MR) is 115 cm³/mol. The number of amides is 1. The first-order valence-electron chi connectivity index (χ1n) is 9.17. The van der Waals surface area contributed by atoms with Crippen LogP contribution in [0.1, 0.15) is 43.5 Å². The molecule has 0 unspecified atom stereocenters. The van der Waals surface area contributed by atoms with Crippen LogP contribution in [0.3, 0.4) is 0 Å². The third-order valence-corrected chi connectivity index (χ3v) is 4.29. The summed E-state index contributed by atoms with van der Waals surface area (Å²) in [7, 11) is 1.53. The number of hydrogen-bond acceptors (Lipinski definition) is 7. The van der Waals surface area contributed by atoms with Gasteiger partial charge in [0.05, 0.1) is 12.7 Å². The summed E-state index contributed by atoms with van der Waals surface area (Å²) in [6.45, 7) is 11.0. The molecule has 8 nitrogen and oxygen atoms in total. The number of anilines is 1. The third kappa shape index (κ3) is 6.60. The number of aromatic nitrogens is 1. The van der Waals surface area contributed by atoms with E-state index in [0.717, 1.165) is 18.4 Å². The van der Waals surface area contributed by atoms with Gasteiger partial charge in [-0.2, -0.15) is 10.1 Å². The molecule has 0 spiro atoms. The summed E-state index contributed by atoms with van der Waals surface area (Å²) in [6, 6.07) is 3.24. The minimum absolute atomic E-state index is 0.101. The molecule has 2 rings (SSSR count). The minimum atomic E-state index is -0.288. The van der Waals surface area contributed by atoms with Crippen molar-refractivity contribution in [2.45, 2.75) is 38.6 Å². The number of nitrogens with zero attached hydrogens (tertiary/aromatic N) is 4. The van der Waals surface area contributed by atoms with Crippen LogP contribution in [0.25, 0.3) is 0 Å². The fourth-order valence-electron chi connectivity index (χ4n) is 2.34. The van der Waals surface area contributed by atoms with Gasteiger partial charge >= 0.3 is 0 Å². The van der Waals surface area contributed by atoms with Gasteiger partial charge in [-0.25, -0.2) is 9.98 Å². The average Bonchev–Trinajstić information content (AvgIpc) is 3.41. The Bertz CT molecular complexity index is 852. The van der Waals surface area contributed by atoms with Crippen LogP contribution in [0.5, 0.6) is 0 Å². The van der Waals surface area contributed by atoms with Gasteiger partial charge in [-0.15, -0.1) is 0 Å². The highest BCUT2D eigenvalue weighted by atomic mass is 16.5. The van der Waals surface area contributed by atoms with Crippen LogP contribution < -0.4 is 10.3 Å². The lowest BCUT2D eigenvalue weighted by Gasteiger charge is -2.16. The lowest BCUT2D eigenvalue weighted by Crippen LogP contribution is -2.34. The molecule has 1 aliphatic carbocycles. The van der Waals surface area contributed by atoms with Crippen molar-refractivity contribution >= 4 is 23.8 Å². The monoisotopic (exact) mass is 397 g/mol. The van der Waals surface area contributed by atoms with Crippen molar-refractivity contribution in [3.63, 3.8) is 0 Å². The van der Waals surface area contributed by atoms with Gasteiger partial charge < -0.3 is 15.2 Å². The Balaban J connectivity index is 2.05. The fraction of sp³-hybridized carbons (Fsp3) is 0.333. The standard InChI is InChI=1S/C21H27N5O3/c1-6-22-19(29-5)13-15(2)9-12-24-26(16(3)27)18-8-7-17(14-23-18)20(28)25-21(4)10-11-21/h6-8,12-14,27H,1,3,9-11H2,2,4-5H3,(H,25,28)/b15-13+,22-19?,24-12-. The Morgan fingerprint density at radius 3 is 2.72 bits per heavy atom. The van der Waals surface area contributed by atoms with Gasteiger partial charge in [-0.3, -0.25) is 4.79 Å². The second-order valence-corrected chi connectivity index (χ2v) is 6.99. The molecule has 8 heteroatoms. The summed E-state index contributed by atoms with van der Waals surface area (Å²) in [6.07, 6.45) is 8.66. The summed E-state index contributed by atoms with van der Waals surface area (Å²) in [5.41, 5.74) is 1.28. The van der Waals surface area contributed by atoms with E-state index in [1.807, 2.05) is 13.8 Å². The van der Waals surface area contributed by atoms with Crippen molar-refractivity contribution in [3.8, 4) is 0 Å². The number of carbonyl (C=O) groups excluding carboxylic acids is 1. The predicted octanol–water partition coefficient (Wildman–Crippen LogP) is 3.71. The van der Waals surface area contributed by atoms with Crippen LogP contribution in [0.4, 0.5) is 5.82 Å². The highest BCUT2D eigenvalue weighted by molar-refractivity contribution is 5.94. The second-order valence-electron chi connectivity index (χ2n) is 6.99. The van der Waals surface area contributed by atoms with Crippen LogP contribution in [0, 0.1) is 0 Å². The molecular weight excluding hydrogens is 370 g/mol. The van der Waals surface area contributed by atoms with Crippen LogP contribution >= 0.6 is 0 Å². The van der Waals surface area contributed by atoms with Gasteiger partial charge in [-0.05, 0) is 51.5 Å². The molecular formula is C21H27N5O3. The number of pyridine rings is 1. The first-order valence-corrected chi connectivity index (χ1v) is 9.17. The Labute approximate surface area is 171 Å². The van der Waals surface area contributed by atoms with Gasteiger partial charge in [0.25, 0.3) is 5.91 Å². The van der Waals surface area contributed by atoms with Crippen LogP contribution in [0.2, 0.25) is 0 Å². The molecule has 1 amide bonds. The van der Waals surface area contributed by atoms with Gasteiger partial charge in [0, 0.05) is 30.6 Å². The van der Waals surface area contributed by atoms with Crippen molar-refractivity contribution in [1.82, 2.24) is 10.3 Å². The number of aliphatic imine (C=N–C) groups is 1. The summed E-state index contributed by atoms with van der Waals surface area (Å²) in [5, 5.41) is 18.2. The van der Waals surface area contributed by atoms with Crippen molar-refractivity contribution in [1.29, 1.82) is 0 Å². The van der Waals surface area contributed by atoms with Gasteiger partial charge in [0.15, 0.2) is 5.82 Å². The number of allylic oxidation sites excluding steroid dienone is 1. The van der Waals surface area contributed by atoms with Crippen molar-refractivity contribution in [2.75, 3.05) is 12.1 Å². The minimum Gasteiger partial charge on any atom is -0.494 e. The first-order chi connectivity index (χ1) is 13.8. The maximum Gasteiger partial charge on any atom is 0.253 e.